The highest BCUT2D eigenvalue weighted by atomic mass is 35.5. The van der Waals surface area contributed by atoms with Crippen LogP contribution in [0.5, 0.6) is 0 Å². The lowest BCUT2D eigenvalue weighted by Crippen LogP contribution is -1.97. The van der Waals surface area contributed by atoms with Crippen LogP contribution in [0.3, 0.4) is 0 Å². The van der Waals surface area contributed by atoms with Crippen molar-refractivity contribution in [1.29, 1.82) is 5.26 Å². The van der Waals surface area contributed by atoms with E-state index in [9.17, 15) is 4.79 Å². The molecule has 1 aliphatic heterocycles. The van der Waals surface area contributed by atoms with Gasteiger partial charge in [-0.3, -0.25) is 4.99 Å². The Balaban J connectivity index is 2.45. The first kappa shape index (κ1) is 15.4. The fraction of sp³-hybridized carbons (Fsp3) is 0.133. The van der Waals surface area contributed by atoms with Gasteiger partial charge in [0, 0.05) is 4.91 Å². The van der Waals surface area contributed by atoms with Gasteiger partial charge in [0.05, 0.1) is 12.1 Å². The summed E-state index contributed by atoms with van der Waals surface area (Å²) in [5.74, 6) is -0.964. The summed E-state index contributed by atoms with van der Waals surface area (Å²) in [5.41, 5.74) is 2.34. The summed E-state index contributed by atoms with van der Waals surface area (Å²) in [5, 5.41) is 18.3. The van der Waals surface area contributed by atoms with Gasteiger partial charge in [-0.2, -0.15) is 5.26 Å². The summed E-state index contributed by atoms with van der Waals surface area (Å²) in [6, 6.07) is 8.61. The van der Waals surface area contributed by atoms with E-state index < -0.39 is 5.97 Å². The number of nitrogens with zero attached hydrogens (tertiary/aromatic N) is 2. The molecular formula is C15H11ClN2O2S. The monoisotopic (exact) mass is 318 g/mol. The number of thioether (sulfide) groups is 1. The summed E-state index contributed by atoms with van der Waals surface area (Å²) < 4.78 is 0. The van der Waals surface area contributed by atoms with Crippen molar-refractivity contribution >= 4 is 40.1 Å². The maximum Gasteiger partial charge on any atom is 0.335 e. The van der Waals surface area contributed by atoms with E-state index in [1.54, 1.807) is 24.3 Å². The van der Waals surface area contributed by atoms with E-state index in [-0.39, 0.29) is 10.7 Å². The third-order valence-corrected chi connectivity index (χ3v) is 4.05. The van der Waals surface area contributed by atoms with Crippen LogP contribution in [-0.2, 0) is 0 Å². The van der Waals surface area contributed by atoms with Crippen molar-refractivity contribution in [1.82, 2.24) is 0 Å². The molecule has 1 N–H and O–H groups in total. The molecule has 0 aliphatic carbocycles. The molecule has 1 aliphatic rings. The van der Waals surface area contributed by atoms with Gasteiger partial charge in [0.2, 0.25) is 0 Å². The highest BCUT2D eigenvalue weighted by molar-refractivity contribution is 8.02. The third-order valence-electron chi connectivity index (χ3n) is 2.98. The first-order valence-corrected chi connectivity index (χ1v) is 7.60. The molecule has 1 heterocycles. The zero-order chi connectivity index (χ0) is 15.4. The number of rotatable bonds is 3. The topological polar surface area (TPSA) is 73.5 Å². The number of carboxylic acid groups (broad SMARTS) is 1. The molecule has 0 saturated carbocycles. The summed E-state index contributed by atoms with van der Waals surface area (Å²) in [6.45, 7) is 0.348. The molecular weight excluding hydrogens is 308 g/mol. The molecule has 2 rings (SSSR count). The minimum Gasteiger partial charge on any atom is -0.478 e. The van der Waals surface area contributed by atoms with Crippen LogP contribution in [0.15, 0.2) is 45.8 Å². The Bertz CT molecular complexity index is 712. The minimum absolute atomic E-state index is 0.204. The average Bonchev–Trinajstić information content (AvgIpc) is 2.65. The number of allylic oxidation sites excluding steroid dienone is 2. The van der Waals surface area contributed by atoms with Crippen molar-refractivity contribution in [2.75, 3.05) is 12.8 Å². The number of hydrogen-bond acceptors (Lipinski definition) is 4. The number of aliphatic imine (C=N–C) groups is 1. The second kappa shape index (κ2) is 6.61. The van der Waals surface area contributed by atoms with Gasteiger partial charge >= 0.3 is 5.97 Å². The van der Waals surface area contributed by atoms with Crippen molar-refractivity contribution in [2.45, 2.75) is 0 Å². The van der Waals surface area contributed by atoms with Gasteiger partial charge in [-0.1, -0.05) is 23.7 Å². The number of hydrogen-bond donors (Lipinski definition) is 1. The second-order valence-electron chi connectivity index (χ2n) is 4.21. The summed E-state index contributed by atoms with van der Waals surface area (Å²) in [4.78, 5) is 15.8. The number of carboxylic acids is 1. The lowest BCUT2D eigenvalue weighted by atomic mass is 10.0. The molecule has 6 heteroatoms. The van der Waals surface area contributed by atoms with E-state index in [1.807, 2.05) is 12.3 Å². The molecule has 0 unspecified atom stereocenters. The van der Waals surface area contributed by atoms with Crippen molar-refractivity contribution < 1.29 is 9.90 Å². The van der Waals surface area contributed by atoms with Crippen LogP contribution in [0.1, 0.15) is 15.9 Å². The van der Waals surface area contributed by atoms with Crippen LogP contribution in [0.2, 0.25) is 0 Å². The Labute approximate surface area is 131 Å². The van der Waals surface area contributed by atoms with E-state index in [0.717, 1.165) is 16.0 Å². The number of benzene rings is 1. The maximum atomic E-state index is 10.9. The Morgan fingerprint density at radius 1 is 1.43 bits per heavy atom. The number of aromatic carboxylic acids is 1. The Hall–Kier alpha value is -2.03. The SMILES string of the molecule is CSC1=C(C#N)C(Cl)=NCC(c2ccc(C(=O)O)cc2)=C1. The molecule has 0 aromatic heterocycles. The number of halogens is 1. The number of carbonyl (C=O) groups is 1. The van der Waals surface area contributed by atoms with E-state index in [0.29, 0.717) is 12.1 Å². The highest BCUT2D eigenvalue weighted by Crippen LogP contribution is 2.29. The molecule has 0 spiro atoms. The summed E-state index contributed by atoms with van der Waals surface area (Å²) in [7, 11) is 0. The van der Waals surface area contributed by atoms with Gasteiger partial charge in [-0.25, -0.2) is 4.79 Å². The molecule has 21 heavy (non-hydrogen) atoms. The van der Waals surface area contributed by atoms with E-state index >= 15 is 0 Å². The molecule has 0 atom stereocenters. The third kappa shape index (κ3) is 3.35. The Morgan fingerprint density at radius 3 is 2.62 bits per heavy atom. The van der Waals surface area contributed by atoms with Crippen LogP contribution in [0.25, 0.3) is 5.57 Å². The van der Waals surface area contributed by atoms with Crippen molar-refractivity contribution in [3.63, 3.8) is 0 Å². The smallest absolute Gasteiger partial charge is 0.335 e. The first-order chi connectivity index (χ1) is 10.1. The second-order valence-corrected chi connectivity index (χ2v) is 5.42. The standard InChI is InChI=1S/C15H11ClN2O2S/c1-21-13-6-11(8-18-14(16)12(13)7-17)9-2-4-10(5-3-9)15(19)20/h2-6H,8H2,1H3,(H,19,20). The first-order valence-electron chi connectivity index (χ1n) is 5.99. The molecule has 0 saturated heterocycles. The van der Waals surface area contributed by atoms with E-state index in [2.05, 4.69) is 11.1 Å². The number of nitriles is 1. The molecule has 106 valence electrons. The fourth-order valence-corrected chi connectivity index (χ4v) is 2.74. The lowest BCUT2D eigenvalue weighted by molar-refractivity contribution is 0.0697. The van der Waals surface area contributed by atoms with E-state index in [4.69, 9.17) is 22.0 Å². The van der Waals surface area contributed by atoms with Crippen LogP contribution in [0, 0.1) is 11.3 Å². The summed E-state index contributed by atoms with van der Waals surface area (Å²) >= 11 is 7.45. The molecule has 0 fully saturated rings. The molecule has 0 bridgehead atoms. The zero-order valence-electron chi connectivity index (χ0n) is 11.1. The van der Waals surface area contributed by atoms with Crippen LogP contribution >= 0.6 is 23.4 Å². The van der Waals surface area contributed by atoms with Crippen LogP contribution in [-0.4, -0.2) is 29.0 Å². The van der Waals surface area contributed by atoms with Gasteiger partial charge in [0.25, 0.3) is 0 Å². The minimum atomic E-state index is -0.964. The normalized spacial score (nSPS) is 14.9. The summed E-state index contributed by atoms with van der Waals surface area (Å²) in [6.07, 6.45) is 3.74. The Morgan fingerprint density at radius 2 is 2.10 bits per heavy atom. The fourth-order valence-electron chi connectivity index (χ4n) is 1.88. The van der Waals surface area contributed by atoms with Crippen molar-refractivity contribution in [3.8, 4) is 6.07 Å². The van der Waals surface area contributed by atoms with Crippen molar-refractivity contribution in [2.24, 2.45) is 4.99 Å². The lowest BCUT2D eigenvalue weighted by Gasteiger charge is -2.05. The molecule has 0 amide bonds. The van der Waals surface area contributed by atoms with Crippen LogP contribution in [0.4, 0.5) is 0 Å². The molecule has 1 aromatic carbocycles. The van der Waals surface area contributed by atoms with Gasteiger partial charge in [-0.15, -0.1) is 11.8 Å². The largest absolute Gasteiger partial charge is 0.478 e. The highest BCUT2D eigenvalue weighted by Gasteiger charge is 2.15. The molecule has 4 nitrogen and oxygen atoms in total. The quantitative estimate of drug-likeness (QED) is 0.924. The van der Waals surface area contributed by atoms with Gasteiger partial charge < -0.3 is 5.11 Å². The molecule has 1 aromatic rings. The van der Waals surface area contributed by atoms with Crippen LogP contribution < -0.4 is 0 Å². The van der Waals surface area contributed by atoms with Gasteiger partial charge in [0.1, 0.15) is 16.8 Å². The van der Waals surface area contributed by atoms with Gasteiger partial charge in [-0.05, 0) is 35.6 Å². The molecule has 0 radical (unpaired) electrons. The van der Waals surface area contributed by atoms with Crippen molar-refractivity contribution in [3.05, 3.63) is 51.9 Å². The van der Waals surface area contributed by atoms with Gasteiger partial charge in [0.15, 0.2) is 0 Å². The van der Waals surface area contributed by atoms with E-state index in [1.165, 1.54) is 11.8 Å². The maximum absolute atomic E-state index is 10.9. The zero-order valence-corrected chi connectivity index (χ0v) is 12.7. The predicted molar refractivity (Wildman–Crippen MR) is 85.7 cm³/mol. The predicted octanol–water partition coefficient (Wildman–Crippen LogP) is 3.56. The average molecular weight is 319 g/mol. The Kier molecular flexibility index (Phi) is 4.84.